The van der Waals surface area contributed by atoms with Gasteiger partial charge in [0.2, 0.25) is 0 Å². The Bertz CT molecular complexity index is 1080. The maximum absolute atomic E-state index is 6.12. The van der Waals surface area contributed by atoms with E-state index in [-0.39, 0.29) is 6.04 Å². The number of nitrogens with one attached hydrogen (secondary N) is 1. The van der Waals surface area contributed by atoms with Crippen LogP contribution in [-0.2, 0) is 6.54 Å². The Morgan fingerprint density at radius 2 is 1.81 bits per heavy atom. The molecule has 158 valence electrons. The molecule has 3 aromatic rings. The first-order chi connectivity index (χ1) is 15.0. The van der Waals surface area contributed by atoms with E-state index in [4.69, 9.17) is 28.9 Å². The number of thiocarbonyl (C=S) groups is 1. The lowest BCUT2D eigenvalue weighted by molar-refractivity contribution is 0.364. The highest BCUT2D eigenvalue weighted by Gasteiger charge is 2.31. The molecule has 4 nitrogen and oxygen atoms in total. The normalized spacial score (nSPS) is 15.5. The number of hydrogen-bond donors (Lipinski definition) is 1. The fraction of sp³-hybridized carbons (Fsp3) is 0.200. The summed E-state index contributed by atoms with van der Waals surface area (Å²) < 4.78 is 0. The van der Waals surface area contributed by atoms with Crippen LogP contribution in [0.3, 0.4) is 0 Å². The summed E-state index contributed by atoms with van der Waals surface area (Å²) >= 11 is 11.9. The first-order valence-electron chi connectivity index (χ1n) is 10.2. The lowest BCUT2D eigenvalue weighted by atomic mass is 9.98. The van der Waals surface area contributed by atoms with Crippen molar-refractivity contribution in [2.24, 2.45) is 5.10 Å². The van der Waals surface area contributed by atoms with Crippen LogP contribution in [0.15, 0.2) is 84.0 Å². The number of hydrazone groups is 1. The molecule has 1 aliphatic rings. The van der Waals surface area contributed by atoms with Gasteiger partial charge in [0.05, 0.1) is 11.8 Å². The molecule has 31 heavy (non-hydrogen) atoms. The van der Waals surface area contributed by atoms with E-state index in [1.807, 2.05) is 49.4 Å². The largest absolute Gasteiger partial charge is 0.378 e. The van der Waals surface area contributed by atoms with Crippen molar-refractivity contribution in [1.82, 2.24) is 10.3 Å². The molecule has 1 heterocycles. The third-order valence-corrected chi connectivity index (χ3v) is 5.94. The highest BCUT2D eigenvalue weighted by Crippen LogP contribution is 2.34. The fourth-order valence-electron chi connectivity index (χ4n) is 3.63. The summed E-state index contributed by atoms with van der Waals surface area (Å²) in [6.07, 6.45) is 0.770. The fourth-order valence-corrected chi connectivity index (χ4v) is 4.00. The lowest BCUT2D eigenvalue weighted by Crippen LogP contribution is -2.36. The van der Waals surface area contributed by atoms with Crippen LogP contribution in [0, 0.1) is 0 Å². The Morgan fingerprint density at radius 3 is 2.52 bits per heavy atom. The van der Waals surface area contributed by atoms with Crippen LogP contribution in [0.1, 0.15) is 29.2 Å². The summed E-state index contributed by atoms with van der Waals surface area (Å²) in [5.41, 5.74) is 5.59. The SMILES string of the molecule is CN(C)c1cccc(C2=NN(C(=S)NCc3ccccc3)[C@H](c3ccc(Cl)cc3)C2)c1. The third-order valence-electron chi connectivity index (χ3n) is 5.36. The Morgan fingerprint density at radius 1 is 1.06 bits per heavy atom. The van der Waals surface area contributed by atoms with Gasteiger partial charge in [0.25, 0.3) is 0 Å². The van der Waals surface area contributed by atoms with Gasteiger partial charge in [0.1, 0.15) is 0 Å². The molecule has 1 N–H and O–H groups in total. The molecule has 0 amide bonds. The molecule has 0 unspecified atom stereocenters. The minimum atomic E-state index is 0.0195. The van der Waals surface area contributed by atoms with Crippen molar-refractivity contribution in [3.63, 3.8) is 0 Å². The molecular formula is C25H25ClN4S. The van der Waals surface area contributed by atoms with Crippen LogP contribution in [0.4, 0.5) is 5.69 Å². The van der Waals surface area contributed by atoms with Crippen LogP contribution in [0.5, 0.6) is 0 Å². The van der Waals surface area contributed by atoms with E-state index in [0.29, 0.717) is 11.7 Å². The zero-order valence-corrected chi connectivity index (χ0v) is 19.2. The van der Waals surface area contributed by atoms with Gasteiger partial charge in [-0.2, -0.15) is 5.10 Å². The van der Waals surface area contributed by atoms with Crippen molar-refractivity contribution in [2.45, 2.75) is 19.0 Å². The van der Waals surface area contributed by atoms with Crippen LogP contribution in [0.2, 0.25) is 5.02 Å². The molecule has 4 rings (SSSR count). The molecule has 1 aliphatic heterocycles. The summed E-state index contributed by atoms with van der Waals surface area (Å²) in [5, 5.41) is 11.6. The second-order valence-electron chi connectivity index (χ2n) is 7.75. The molecule has 1 atom stereocenters. The quantitative estimate of drug-likeness (QED) is 0.512. The van der Waals surface area contributed by atoms with Gasteiger partial charge in [0.15, 0.2) is 5.11 Å². The van der Waals surface area contributed by atoms with E-state index >= 15 is 0 Å². The Balaban J connectivity index is 1.61. The number of nitrogens with zero attached hydrogens (tertiary/aromatic N) is 3. The minimum absolute atomic E-state index is 0.0195. The average molecular weight is 449 g/mol. The Hall–Kier alpha value is -2.89. The van der Waals surface area contributed by atoms with Gasteiger partial charge in [-0.25, -0.2) is 5.01 Å². The van der Waals surface area contributed by atoms with E-state index in [9.17, 15) is 0 Å². The molecular weight excluding hydrogens is 424 g/mol. The van der Waals surface area contributed by atoms with E-state index in [1.165, 1.54) is 5.56 Å². The van der Waals surface area contributed by atoms with Crippen LogP contribution in [-0.4, -0.2) is 29.9 Å². The second-order valence-corrected chi connectivity index (χ2v) is 8.57. The van der Waals surface area contributed by atoms with Gasteiger partial charge < -0.3 is 10.2 Å². The molecule has 0 aliphatic carbocycles. The lowest BCUT2D eigenvalue weighted by Gasteiger charge is -2.25. The van der Waals surface area contributed by atoms with Gasteiger partial charge in [-0.1, -0.05) is 66.2 Å². The summed E-state index contributed by atoms with van der Waals surface area (Å²) in [4.78, 5) is 2.10. The summed E-state index contributed by atoms with van der Waals surface area (Å²) in [5.74, 6) is 0. The van der Waals surface area contributed by atoms with E-state index < -0.39 is 0 Å². The predicted molar refractivity (Wildman–Crippen MR) is 134 cm³/mol. The number of benzene rings is 3. The Labute approximate surface area is 194 Å². The number of halogens is 1. The van der Waals surface area contributed by atoms with Crippen molar-refractivity contribution < 1.29 is 0 Å². The van der Waals surface area contributed by atoms with Crippen LogP contribution in [0.25, 0.3) is 0 Å². The molecule has 6 heteroatoms. The van der Waals surface area contributed by atoms with Crippen LogP contribution >= 0.6 is 23.8 Å². The van der Waals surface area contributed by atoms with Crippen molar-refractivity contribution in [1.29, 1.82) is 0 Å². The third kappa shape index (κ3) is 5.06. The van der Waals surface area contributed by atoms with E-state index in [0.717, 1.165) is 34.0 Å². The van der Waals surface area contributed by atoms with E-state index in [1.54, 1.807) is 0 Å². The number of rotatable bonds is 5. The molecule has 0 aromatic heterocycles. The van der Waals surface area contributed by atoms with Crippen LogP contribution < -0.4 is 10.2 Å². The predicted octanol–water partition coefficient (Wildman–Crippen LogP) is 5.63. The smallest absolute Gasteiger partial charge is 0.190 e. The van der Waals surface area contributed by atoms with Crippen molar-refractivity contribution in [3.05, 3.63) is 101 Å². The number of hydrogen-bond acceptors (Lipinski definition) is 3. The summed E-state index contributed by atoms with van der Waals surface area (Å²) in [6, 6.07) is 26.6. The molecule has 0 fully saturated rings. The highest BCUT2D eigenvalue weighted by molar-refractivity contribution is 7.80. The summed E-state index contributed by atoms with van der Waals surface area (Å²) in [6.45, 7) is 0.657. The highest BCUT2D eigenvalue weighted by atomic mass is 35.5. The average Bonchev–Trinajstić information content (AvgIpc) is 3.24. The standard InChI is InChI=1S/C25H25ClN4S/c1-29(2)22-10-6-9-20(15-22)23-16-24(19-11-13-21(26)14-12-19)30(28-23)25(31)27-17-18-7-4-3-5-8-18/h3-15,24H,16-17H2,1-2H3,(H,27,31)/t24-/m0/s1. The van der Waals surface area contributed by atoms with Crippen molar-refractivity contribution in [3.8, 4) is 0 Å². The van der Waals surface area contributed by atoms with Gasteiger partial charge in [-0.05, 0) is 53.2 Å². The summed E-state index contributed by atoms with van der Waals surface area (Å²) in [7, 11) is 4.09. The first kappa shape index (κ1) is 21.3. The molecule has 3 aromatic carbocycles. The topological polar surface area (TPSA) is 30.9 Å². The second kappa shape index (κ2) is 9.50. The van der Waals surface area contributed by atoms with Gasteiger partial charge in [0, 0.05) is 37.8 Å². The van der Waals surface area contributed by atoms with E-state index in [2.05, 4.69) is 58.7 Å². The van der Waals surface area contributed by atoms with Crippen molar-refractivity contribution >= 4 is 40.3 Å². The molecule has 0 saturated heterocycles. The number of anilines is 1. The van der Waals surface area contributed by atoms with Gasteiger partial charge >= 0.3 is 0 Å². The Kier molecular flexibility index (Phi) is 6.54. The molecule has 0 radical (unpaired) electrons. The van der Waals surface area contributed by atoms with Gasteiger partial charge in [-0.3, -0.25) is 0 Å². The maximum atomic E-state index is 6.12. The maximum Gasteiger partial charge on any atom is 0.190 e. The molecule has 0 bridgehead atoms. The molecule has 0 spiro atoms. The monoisotopic (exact) mass is 448 g/mol. The van der Waals surface area contributed by atoms with Gasteiger partial charge in [-0.15, -0.1) is 0 Å². The zero-order chi connectivity index (χ0) is 21.8. The molecule has 0 saturated carbocycles. The van der Waals surface area contributed by atoms with Crippen molar-refractivity contribution in [2.75, 3.05) is 19.0 Å². The zero-order valence-electron chi connectivity index (χ0n) is 17.6. The minimum Gasteiger partial charge on any atom is -0.378 e. The first-order valence-corrected chi connectivity index (χ1v) is 11.0.